The maximum Gasteiger partial charge on any atom is 0.249 e. The first-order valence-corrected chi connectivity index (χ1v) is 11.1. The molecule has 5 nitrogen and oxygen atoms in total. The summed E-state index contributed by atoms with van der Waals surface area (Å²) < 4.78 is 0. The molecule has 150 valence electrons. The molecular formula is C22H34N2O3. The van der Waals surface area contributed by atoms with Crippen LogP contribution in [0.1, 0.15) is 83.5 Å². The van der Waals surface area contributed by atoms with Crippen molar-refractivity contribution >= 4 is 11.8 Å². The lowest BCUT2D eigenvalue weighted by Gasteiger charge is -2.27. The van der Waals surface area contributed by atoms with E-state index >= 15 is 0 Å². The second kappa shape index (κ2) is 8.34. The van der Waals surface area contributed by atoms with Crippen LogP contribution >= 0.6 is 0 Å². The summed E-state index contributed by atoms with van der Waals surface area (Å²) in [5.74, 6) is 0.483. The second-order valence-corrected chi connectivity index (χ2v) is 9.14. The molecule has 0 spiro atoms. The van der Waals surface area contributed by atoms with Crippen molar-refractivity contribution in [2.24, 2.45) is 5.92 Å². The van der Waals surface area contributed by atoms with Gasteiger partial charge in [-0.2, -0.15) is 0 Å². The van der Waals surface area contributed by atoms with Gasteiger partial charge in [0.25, 0.3) is 0 Å². The number of amides is 2. The van der Waals surface area contributed by atoms with Gasteiger partial charge in [0.2, 0.25) is 11.8 Å². The van der Waals surface area contributed by atoms with Crippen molar-refractivity contribution in [2.75, 3.05) is 0 Å². The Balaban J connectivity index is 1.29. The van der Waals surface area contributed by atoms with Crippen LogP contribution in [0.2, 0.25) is 0 Å². The first kappa shape index (κ1) is 19.0. The van der Waals surface area contributed by atoms with Crippen LogP contribution in [0.25, 0.3) is 0 Å². The highest BCUT2D eigenvalue weighted by Gasteiger charge is 2.49. The number of fused-ring (bicyclic) bond motifs is 2. The first-order chi connectivity index (χ1) is 13.1. The number of rotatable bonds is 6. The van der Waals surface area contributed by atoms with Gasteiger partial charge in [-0.25, -0.2) is 0 Å². The third-order valence-corrected chi connectivity index (χ3v) is 7.25. The van der Waals surface area contributed by atoms with E-state index in [0.29, 0.717) is 18.8 Å². The van der Waals surface area contributed by atoms with Crippen LogP contribution in [0.5, 0.6) is 0 Å². The van der Waals surface area contributed by atoms with E-state index in [1.807, 2.05) is 0 Å². The number of nitrogens with zero attached hydrogens (tertiary/aromatic N) is 1. The predicted molar refractivity (Wildman–Crippen MR) is 104 cm³/mol. The van der Waals surface area contributed by atoms with Gasteiger partial charge in [-0.15, -0.1) is 0 Å². The SMILES string of the molecule is O=C(N[C@@H]1C[C@H]2CC[C@@H]1N2C(=O)CC1=CCCC1)[C@@H](O)CC1CCCCC1. The van der Waals surface area contributed by atoms with E-state index < -0.39 is 6.10 Å². The Morgan fingerprint density at radius 2 is 1.96 bits per heavy atom. The van der Waals surface area contributed by atoms with Crippen LogP contribution < -0.4 is 5.32 Å². The molecule has 4 aliphatic rings. The molecule has 4 rings (SSSR count). The molecular weight excluding hydrogens is 340 g/mol. The van der Waals surface area contributed by atoms with Crippen molar-refractivity contribution in [3.63, 3.8) is 0 Å². The van der Waals surface area contributed by atoms with Gasteiger partial charge in [0.1, 0.15) is 6.10 Å². The Morgan fingerprint density at radius 1 is 1.15 bits per heavy atom. The van der Waals surface area contributed by atoms with Crippen molar-refractivity contribution in [3.05, 3.63) is 11.6 Å². The number of hydrogen-bond acceptors (Lipinski definition) is 3. The van der Waals surface area contributed by atoms with Crippen LogP contribution in [0.4, 0.5) is 0 Å². The minimum absolute atomic E-state index is 0.0127. The van der Waals surface area contributed by atoms with Crippen molar-refractivity contribution < 1.29 is 14.7 Å². The Bertz CT molecular complexity index is 596. The van der Waals surface area contributed by atoms with Gasteiger partial charge in [-0.3, -0.25) is 9.59 Å². The molecule has 0 aromatic heterocycles. The summed E-state index contributed by atoms with van der Waals surface area (Å²) in [5.41, 5.74) is 1.29. The second-order valence-electron chi connectivity index (χ2n) is 9.14. The lowest BCUT2D eigenvalue weighted by atomic mass is 9.85. The highest BCUT2D eigenvalue weighted by Crippen LogP contribution is 2.39. The minimum atomic E-state index is -0.903. The van der Waals surface area contributed by atoms with Gasteiger partial charge in [0.15, 0.2) is 0 Å². The molecule has 2 amide bonds. The molecule has 0 unspecified atom stereocenters. The summed E-state index contributed by atoms with van der Waals surface area (Å²) in [6.45, 7) is 0. The molecule has 2 saturated heterocycles. The lowest BCUT2D eigenvalue weighted by Crippen LogP contribution is -2.48. The van der Waals surface area contributed by atoms with Gasteiger partial charge in [0.05, 0.1) is 12.1 Å². The summed E-state index contributed by atoms with van der Waals surface area (Å²) in [7, 11) is 0. The Morgan fingerprint density at radius 3 is 2.70 bits per heavy atom. The standard InChI is InChI=1S/C22H34N2O3/c25-20(12-15-6-2-1-3-7-15)22(27)23-18-14-17-10-11-19(18)24(17)21(26)13-16-8-4-5-9-16/h8,15,17-20,25H,1-7,9-14H2,(H,23,27)/t17-,18-,19+,20+/m1/s1. The molecule has 2 heterocycles. The van der Waals surface area contributed by atoms with Crippen molar-refractivity contribution in [1.29, 1.82) is 0 Å². The number of carbonyl (C=O) groups excluding carboxylic acids is 2. The highest BCUT2D eigenvalue weighted by atomic mass is 16.3. The van der Waals surface area contributed by atoms with Crippen LogP contribution in [0.15, 0.2) is 11.6 Å². The smallest absolute Gasteiger partial charge is 0.249 e. The fraction of sp³-hybridized carbons (Fsp3) is 0.818. The van der Waals surface area contributed by atoms with E-state index in [0.717, 1.165) is 44.9 Å². The fourth-order valence-corrected chi connectivity index (χ4v) is 5.84. The summed E-state index contributed by atoms with van der Waals surface area (Å²) in [6, 6.07) is 0.402. The van der Waals surface area contributed by atoms with Gasteiger partial charge in [-0.05, 0) is 50.9 Å². The summed E-state index contributed by atoms with van der Waals surface area (Å²) >= 11 is 0. The van der Waals surface area contributed by atoms with E-state index in [9.17, 15) is 14.7 Å². The van der Waals surface area contributed by atoms with Crippen LogP contribution in [-0.4, -0.2) is 46.1 Å². The maximum atomic E-state index is 12.8. The summed E-state index contributed by atoms with van der Waals surface area (Å²) in [4.78, 5) is 27.4. The number of aliphatic hydroxyl groups excluding tert-OH is 1. The summed E-state index contributed by atoms with van der Waals surface area (Å²) in [5, 5.41) is 13.4. The number of carbonyl (C=O) groups is 2. The third kappa shape index (κ3) is 4.23. The molecule has 27 heavy (non-hydrogen) atoms. The van der Waals surface area contributed by atoms with Crippen molar-refractivity contribution in [2.45, 2.75) is 108 Å². The van der Waals surface area contributed by atoms with E-state index in [2.05, 4.69) is 16.3 Å². The Labute approximate surface area is 162 Å². The lowest BCUT2D eigenvalue weighted by molar-refractivity contribution is -0.133. The van der Waals surface area contributed by atoms with Crippen molar-refractivity contribution in [3.8, 4) is 0 Å². The average molecular weight is 375 g/mol. The molecule has 1 saturated carbocycles. The quantitative estimate of drug-likeness (QED) is 0.702. The molecule has 3 fully saturated rings. The number of aliphatic hydroxyl groups is 1. The average Bonchev–Trinajstić information content (AvgIpc) is 3.38. The Kier molecular flexibility index (Phi) is 5.86. The molecule has 2 bridgehead atoms. The number of hydrogen-bond donors (Lipinski definition) is 2. The van der Waals surface area contributed by atoms with Crippen molar-refractivity contribution in [1.82, 2.24) is 10.2 Å². The first-order valence-electron chi connectivity index (χ1n) is 11.1. The van der Waals surface area contributed by atoms with E-state index in [-0.39, 0.29) is 29.9 Å². The van der Waals surface area contributed by atoms with Gasteiger partial charge in [-0.1, -0.05) is 43.8 Å². The zero-order valence-corrected chi connectivity index (χ0v) is 16.4. The molecule has 0 radical (unpaired) electrons. The zero-order valence-electron chi connectivity index (χ0n) is 16.4. The normalized spacial score (nSPS) is 31.8. The highest BCUT2D eigenvalue weighted by molar-refractivity contribution is 5.82. The van der Waals surface area contributed by atoms with E-state index in [1.165, 1.54) is 31.3 Å². The topological polar surface area (TPSA) is 69.6 Å². The molecule has 2 aliphatic heterocycles. The maximum absolute atomic E-state index is 12.8. The van der Waals surface area contributed by atoms with Gasteiger partial charge < -0.3 is 15.3 Å². The van der Waals surface area contributed by atoms with Crippen LogP contribution in [-0.2, 0) is 9.59 Å². The predicted octanol–water partition coefficient (Wildman–Crippen LogP) is 3.07. The Hall–Kier alpha value is -1.36. The molecule has 5 heteroatoms. The van der Waals surface area contributed by atoms with E-state index in [1.54, 1.807) is 0 Å². The molecule has 0 aromatic carbocycles. The van der Waals surface area contributed by atoms with Crippen LogP contribution in [0.3, 0.4) is 0 Å². The third-order valence-electron chi connectivity index (χ3n) is 7.25. The monoisotopic (exact) mass is 374 g/mol. The van der Waals surface area contributed by atoms with Gasteiger partial charge in [0, 0.05) is 12.5 Å². The molecule has 0 aromatic rings. The van der Waals surface area contributed by atoms with E-state index in [4.69, 9.17) is 0 Å². The largest absolute Gasteiger partial charge is 0.383 e. The van der Waals surface area contributed by atoms with Gasteiger partial charge >= 0.3 is 0 Å². The molecule has 2 aliphatic carbocycles. The van der Waals surface area contributed by atoms with Crippen LogP contribution in [0, 0.1) is 5.92 Å². The summed E-state index contributed by atoms with van der Waals surface area (Å²) in [6.07, 6.45) is 14.7. The number of nitrogens with one attached hydrogen (secondary N) is 1. The minimum Gasteiger partial charge on any atom is -0.383 e. The molecule has 4 atom stereocenters. The molecule has 2 N–H and O–H groups in total. The number of allylic oxidation sites excluding steroid dienone is 1. The zero-order chi connectivity index (χ0) is 18.8. The fourth-order valence-electron chi connectivity index (χ4n) is 5.84.